The van der Waals surface area contributed by atoms with E-state index in [4.69, 9.17) is 4.74 Å². The Labute approximate surface area is 144 Å². The van der Waals surface area contributed by atoms with Gasteiger partial charge in [-0.1, -0.05) is 30.3 Å². The van der Waals surface area contributed by atoms with Crippen LogP contribution in [0, 0.1) is 0 Å². The zero-order valence-electron chi connectivity index (χ0n) is 13.5. The quantitative estimate of drug-likeness (QED) is 0.709. The van der Waals surface area contributed by atoms with E-state index in [2.05, 4.69) is 20.8 Å². The van der Waals surface area contributed by atoms with Crippen LogP contribution in [0.5, 0.6) is 5.75 Å². The number of hydrogen-bond acceptors (Lipinski definition) is 5. The summed E-state index contributed by atoms with van der Waals surface area (Å²) in [5, 5.41) is 2.10. The number of nitrogens with zero attached hydrogens (tertiary/aromatic N) is 2. The first-order chi connectivity index (χ1) is 12.1. The summed E-state index contributed by atoms with van der Waals surface area (Å²) >= 11 is 0. The normalized spacial score (nSPS) is 11.6. The van der Waals surface area contributed by atoms with Crippen molar-refractivity contribution < 1.29 is 14.3 Å². The topological polar surface area (TPSA) is 93.2 Å². The zero-order valence-corrected chi connectivity index (χ0v) is 13.5. The lowest BCUT2D eigenvalue weighted by Crippen LogP contribution is -2.47. The van der Waals surface area contributed by atoms with E-state index in [1.165, 1.54) is 12.4 Å². The molecule has 126 valence electrons. The van der Waals surface area contributed by atoms with E-state index >= 15 is 0 Å². The van der Waals surface area contributed by atoms with Crippen LogP contribution in [0.15, 0.2) is 60.9 Å². The van der Waals surface area contributed by atoms with Gasteiger partial charge in [0.25, 0.3) is 5.91 Å². The van der Waals surface area contributed by atoms with Crippen molar-refractivity contribution in [3.8, 4) is 5.75 Å². The van der Waals surface area contributed by atoms with Gasteiger partial charge in [-0.15, -0.1) is 0 Å². The van der Waals surface area contributed by atoms with Gasteiger partial charge in [-0.2, -0.15) is 0 Å². The molecule has 2 N–H and O–H groups in total. The molecule has 1 atom stereocenters. The lowest BCUT2D eigenvalue weighted by atomic mass is 10.1. The van der Waals surface area contributed by atoms with Gasteiger partial charge in [0.15, 0.2) is 6.10 Å². The van der Waals surface area contributed by atoms with Gasteiger partial charge in [0.1, 0.15) is 5.75 Å². The predicted molar refractivity (Wildman–Crippen MR) is 91.7 cm³/mol. The van der Waals surface area contributed by atoms with E-state index in [1.807, 2.05) is 36.4 Å². The molecular weight excluding hydrogens is 320 g/mol. The number of ether oxygens (including phenoxy) is 1. The maximum Gasteiger partial charge on any atom is 0.307 e. The highest BCUT2D eigenvalue weighted by atomic mass is 16.5. The molecule has 0 fully saturated rings. The molecule has 3 rings (SSSR count). The summed E-state index contributed by atoms with van der Waals surface area (Å²) in [5.41, 5.74) is 4.55. The molecule has 2 aromatic carbocycles. The highest BCUT2D eigenvalue weighted by Crippen LogP contribution is 2.21. The molecular formula is C18H16N4O3. The highest BCUT2D eigenvalue weighted by Gasteiger charge is 2.16. The third kappa shape index (κ3) is 4.08. The first-order valence-electron chi connectivity index (χ1n) is 7.66. The van der Waals surface area contributed by atoms with Crippen LogP contribution in [0.3, 0.4) is 0 Å². The number of amides is 2. The molecule has 7 heteroatoms. The van der Waals surface area contributed by atoms with Crippen LogP contribution >= 0.6 is 0 Å². The summed E-state index contributed by atoms with van der Waals surface area (Å²) in [5.74, 6) is -0.561. The Morgan fingerprint density at radius 3 is 2.44 bits per heavy atom. The van der Waals surface area contributed by atoms with Crippen molar-refractivity contribution in [3.05, 3.63) is 66.7 Å². The second kappa shape index (κ2) is 7.39. The van der Waals surface area contributed by atoms with Gasteiger partial charge >= 0.3 is 5.91 Å². The van der Waals surface area contributed by atoms with Gasteiger partial charge in [-0.05, 0) is 35.9 Å². The van der Waals surface area contributed by atoms with Crippen molar-refractivity contribution in [1.29, 1.82) is 0 Å². The molecule has 3 aromatic rings. The van der Waals surface area contributed by atoms with Gasteiger partial charge in [0.05, 0.1) is 0 Å². The fourth-order valence-corrected chi connectivity index (χ4v) is 2.19. The summed E-state index contributed by atoms with van der Waals surface area (Å²) < 4.78 is 5.63. The van der Waals surface area contributed by atoms with E-state index in [-0.39, 0.29) is 5.82 Å². The van der Waals surface area contributed by atoms with Crippen molar-refractivity contribution >= 4 is 22.6 Å². The lowest BCUT2D eigenvalue weighted by Gasteiger charge is -2.15. The van der Waals surface area contributed by atoms with E-state index < -0.39 is 17.9 Å². The van der Waals surface area contributed by atoms with E-state index in [0.29, 0.717) is 5.75 Å². The fraction of sp³-hybridized carbons (Fsp3) is 0.111. The van der Waals surface area contributed by atoms with Crippen LogP contribution in [0.1, 0.15) is 17.5 Å². The molecule has 0 spiro atoms. The summed E-state index contributed by atoms with van der Waals surface area (Å²) in [6.07, 6.45) is 2.09. The van der Waals surface area contributed by atoms with Crippen LogP contribution in [-0.2, 0) is 4.79 Å². The summed E-state index contributed by atoms with van der Waals surface area (Å²) in [6, 6.07) is 15.0. The Kier molecular flexibility index (Phi) is 4.84. The van der Waals surface area contributed by atoms with E-state index in [9.17, 15) is 9.59 Å². The number of fused-ring (bicyclic) bond motifs is 1. The average Bonchev–Trinajstić information content (AvgIpc) is 2.66. The first-order valence-corrected chi connectivity index (χ1v) is 7.66. The molecule has 1 unspecified atom stereocenters. The van der Waals surface area contributed by atoms with Crippen LogP contribution in [0.2, 0.25) is 0 Å². The van der Waals surface area contributed by atoms with Crippen molar-refractivity contribution in [3.63, 3.8) is 0 Å². The number of aromatic nitrogens is 2. The number of hydrazine groups is 1. The fourth-order valence-electron chi connectivity index (χ4n) is 2.19. The van der Waals surface area contributed by atoms with Crippen LogP contribution in [0.25, 0.3) is 10.8 Å². The highest BCUT2D eigenvalue weighted by molar-refractivity contribution is 5.92. The maximum absolute atomic E-state index is 12.1. The summed E-state index contributed by atoms with van der Waals surface area (Å²) in [7, 11) is 0. The minimum absolute atomic E-state index is 0.0362. The standard InChI is InChI=1S/C18H16N4O3/c1-12(17(23)21-22-18(24)16-19-9-4-10-20-16)25-15-8-7-13-5-2-3-6-14(13)11-15/h2-12H,1H3,(H,21,23)(H,22,24). The second-order valence-corrected chi connectivity index (χ2v) is 5.28. The Morgan fingerprint density at radius 2 is 1.68 bits per heavy atom. The molecule has 0 aliphatic carbocycles. The number of hydrogen-bond donors (Lipinski definition) is 2. The minimum atomic E-state index is -0.793. The molecule has 25 heavy (non-hydrogen) atoms. The predicted octanol–water partition coefficient (Wildman–Crippen LogP) is 1.86. The number of rotatable bonds is 4. The monoisotopic (exact) mass is 336 g/mol. The molecule has 0 saturated carbocycles. The lowest BCUT2D eigenvalue weighted by molar-refractivity contribution is -0.128. The number of carbonyl (C=O) groups is 2. The van der Waals surface area contributed by atoms with Gasteiger partial charge in [0.2, 0.25) is 5.82 Å². The van der Waals surface area contributed by atoms with Gasteiger partial charge < -0.3 is 4.74 Å². The van der Waals surface area contributed by atoms with Crippen molar-refractivity contribution in [2.75, 3.05) is 0 Å². The van der Waals surface area contributed by atoms with Crippen molar-refractivity contribution in [1.82, 2.24) is 20.8 Å². The molecule has 0 bridgehead atoms. The molecule has 1 aromatic heterocycles. The molecule has 0 aliphatic heterocycles. The zero-order chi connectivity index (χ0) is 17.6. The third-order valence-corrected chi connectivity index (χ3v) is 3.47. The van der Waals surface area contributed by atoms with Crippen LogP contribution in [0.4, 0.5) is 0 Å². The third-order valence-electron chi connectivity index (χ3n) is 3.47. The van der Waals surface area contributed by atoms with Gasteiger partial charge in [-0.25, -0.2) is 9.97 Å². The van der Waals surface area contributed by atoms with Crippen LogP contribution in [-0.4, -0.2) is 27.9 Å². The smallest absolute Gasteiger partial charge is 0.307 e. The molecule has 7 nitrogen and oxygen atoms in total. The first kappa shape index (κ1) is 16.4. The van der Waals surface area contributed by atoms with Crippen molar-refractivity contribution in [2.45, 2.75) is 13.0 Å². The molecule has 0 saturated heterocycles. The number of benzene rings is 2. The average molecular weight is 336 g/mol. The Balaban J connectivity index is 1.57. The molecule has 0 radical (unpaired) electrons. The van der Waals surface area contributed by atoms with Crippen LogP contribution < -0.4 is 15.6 Å². The largest absolute Gasteiger partial charge is 0.481 e. The molecule has 2 amide bonds. The van der Waals surface area contributed by atoms with Gasteiger partial charge in [0, 0.05) is 12.4 Å². The molecule has 1 heterocycles. The van der Waals surface area contributed by atoms with Gasteiger partial charge in [-0.3, -0.25) is 20.4 Å². The van der Waals surface area contributed by atoms with E-state index in [1.54, 1.807) is 19.1 Å². The summed E-state index contributed by atoms with van der Waals surface area (Å²) in [4.78, 5) is 31.4. The SMILES string of the molecule is CC(Oc1ccc2ccccc2c1)C(=O)NNC(=O)c1ncccn1. The number of nitrogens with one attached hydrogen (secondary N) is 2. The van der Waals surface area contributed by atoms with Crippen molar-refractivity contribution in [2.24, 2.45) is 0 Å². The molecule has 0 aliphatic rings. The summed E-state index contributed by atoms with van der Waals surface area (Å²) in [6.45, 7) is 1.59. The Bertz CT molecular complexity index is 899. The maximum atomic E-state index is 12.1. The second-order valence-electron chi connectivity index (χ2n) is 5.28. The number of carbonyl (C=O) groups excluding carboxylic acids is 2. The Morgan fingerprint density at radius 1 is 0.960 bits per heavy atom. The van der Waals surface area contributed by atoms with E-state index in [0.717, 1.165) is 10.8 Å². The Hall–Kier alpha value is -3.48. The minimum Gasteiger partial charge on any atom is -0.481 e.